The SMILES string of the molecule is Cc1cc(C)cc(OCC(=O)Nc2ccc(OC[C@@H]3CCCO3)cc2)c1. The Bertz CT molecular complexity index is 716. The summed E-state index contributed by atoms with van der Waals surface area (Å²) in [7, 11) is 0. The third-order valence-electron chi connectivity index (χ3n) is 4.16. The highest BCUT2D eigenvalue weighted by Gasteiger charge is 2.15. The molecule has 1 N–H and O–H groups in total. The third-order valence-corrected chi connectivity index (χ3v) is 4.16. The van der Waals surface area contributed by atoms with Crippen molar-refractivity contribution in [2.45, 2.75) is 32.8 Å². The zero-order valence-electron chi connectivity index (χ0n) is 15.3. The van der Waals surface area contributed by atoms with Crippen molar-refractivity contribution in [3.63, 3.8) is 0 Å². The molecule has 1 heterocycles. The minimum atomic E-state index is -0.197. The van der Waals surface area contributed by atoms with E-state index in [4.69, 9.17) is 14.2 Å². The number of amides is 1. The van der Waals surface area contributed by atoms with Crippen molar-refractivity contribution >= 4 is 11.6 Å². The zero-order valence-corrected chi connectivity index (χ0v) is 15.3. The molecule has 1 amide bonds. The highest BCUT2D eigenvalue weighted by atomic mass is 16.5. The average molecular weight is 355 g/mol. The third kappa shape index (κ3) is 5.49. The highest BCUT2D eigenvalue weighted by Crippen LogP contribution is 2.19. The van der Waals surface area contributed by atoms with Crippen LogP contribution in [0.5, 0.6) is 11.5 Å². The number of hydrogen-bond acceptors (Lipinski definition) is 4. The highest BCUT2D eigenvalue weighted by molar-refractivity contribution is 5.91. The molecule has 26 heavy (non-hydrogen) atoms. The molecule has 1 aliphatic heterocycles. The lowest BCUT2D eigenvalue weighted by atomic mass is 10.1. The van der Waals surface area contributed by atoms with Crippen LogP contribution >= 0.6 is 0 Å². The number of nitrogens with one attached hydrogen (secondary N) is 1. The smallest absolute Gasteiger partial charge is 0.262 e. The minimum Gasteiger partial charge on any atom is -0.491 e. The predicted molar refractivity (Wildman–Crippen MR) is 101 cm³/mol. The van der Waals surface area contributed by atoms with Crippen LogP contribution in [0.2, 0.25) is 0 Å². The molecule has 0 aliphatic carbocycles. The molecule has 5 heteroatoms. The van der Waals surface area contributed by atoms with Crippen LogP contribution in [-0.4, -0.2) is 31.8 Å². The van der Waals surface area contributed by atoms with Gasteiger partial charge in [0.1, 0.15) is 18.1 Å². The molecule has 2 aromatic rings. The lowest BCUT2D eigenvalue weighted by Crippen LogP contribution is -2.20. The summed E-state index contributed by atoms with van der Waals surface area (Å²) in [6.07, 6.45) is 2.34. The fourth-order valence-corrected chi connectivity index (χ4v) is 2.96. The molecule has 0 spiro atoms. The number of ether oxygens (including phenoxy) is 3. The fourth-order valence-electron chi connectivity index (χ4n) is 2.96. The van der Waals surface area contributed by atoms with Crippen molar-refractivity contribution in [2.24, 2.45) is 0 Å². The Morgan fingerprint density at radius 3 is 2.46 bits per heavy atom. The molecule has 0 saturated carbocycles. The van der Waals surface area contributed by atoms with Crippen molar-refractivity contribution in [1.29, 1.82) is 0 Å². The number of anilines is 1. The molecule has 1 atom stereocenters. The molecule has 0 bridgehead atoms. The summed E-state index contributed by atoms with van der Waals surface area (Å²) in [4.78, 5) is 12.1. The number of hydrogen-bond donors (Lipinski definition) is 1. The van der Waals surface area contributed by atoms with E-state index in [0.717, 1.165) is 36.3 Å². The lowest BCUT2D eigenvalue weighted by Gasteiger charge is -2.12. The number of rotatable bonds is 7. The summed E-state index contributed by atoms with van der Waals surface area (Å²) in [5, 5.41) is 2.82. The van der Waals surface area contributed by atoms with E-state index in [1.165, 1.54) is 0 Å². The fraction of sp³-hybridized carbons (Fsp3) is 0.381. The first-order valence-corrected chi connectivity index (χ1v) is 8.94. The van der Waals surface area contributed by atoms with E-state index in [2.05, 4.69) is 11.4 Å². The van der Waals surface area contributed by atoms with E-state index in [-0.39, 0.29) is 18.6 Å². The van der Waals surface area contributed by atoms with Crippen molar-refractivity contribution in [1.82, 2.24) is 0 Å². The van der Waals surface area contributed by atoms with Gasteiger partial charge in [-0.15, -0.1) is 0 Å². The summed E-state index contributed by atoms with van der Waals surface area (Å²) < 4.78 is 16.8. The van der Waals surface area contributed by atoms with E-state index in [0.29, 0.717) is 18.0 Å². The largest absolute Gasteiger partial charge is 0.491 e. The molecule has 1 aliphatic rings. The van der Waals surface area contributed by atoms with E-state index in [1.54, 1.807) is 0 Å². The molecule has 3 rings (SSSR count). The first-order chi connectivity index (χ1) is 12.6. The van der Waals surface area contributed by atoms with E-state index < -0.39 is 0 Å². The summed E-state index contributed by atoms with van der Waals surface area (Å²) in [5.41, 5.74) is 2.93. The van der Waals surface area contributed by atoms with Crippen LogP contribution in [0.25, 0.3) is 0 Å². The normalized spacial score (nSPS) is 16.3. The molecule has 0 aromatic heterocycles. The molecule has 1 fully saturated rings. The van der Waals surface area contributed by atoms with Crippen LogP contribution in [0.4, 0.5) is 5.69 Å². The van der Waals surface area contributed by atoms with Gasteiger partial charge >= 0.3 is 0 Å². The van der Waals surface area contributed by atoms with E-state index in [9.17, 15) is 4.79 Å². The Balaban J connectivity index is 1.44. The number of carbonyl (C=O) groups is 1. The van der Waals surface area contributed by atoms with Crippen LogP contribution in [0, 0.1) is 13.8 Å². The maximum atomic E-state index is 12.1. The van der Waals surface area contributed by atoms with Gasteiger partial charge in [0.15, 0.2) is 6.61 Å². The van der Waals surface area contributed by atoms with Gasteiger partial charge in [-0.3, -0.25) is 4.79 Å². The molecular formula is C21H25NO4. The van der Waals surface area contributed by atoms with E-state index in [1.807, 2.05) is 50.2 Å². The van der Waals surface area contributed by atoms with Gasteiger partial charge in [0, 0.05) is 12.3 Å². The topological polar surface area (TPSA) is 56.8 Å². The van der Waals surface area contributed by atoms with Crippen molar-refractivity contribution in [2.75, 3.05) is 25.1 Å². The van der Waals surface area contributed by atoms with E-state index >= 15 is 0 Å². The van der Waals surface area contributed by atoms with Gasteiger partial charge in [-0.2, -0.15) is 0 Å². The van der Waals surface area contributed by atoms with Gasteiger partial charge in [0.25, 0.3) is 5.91 Å². The lowest BCUT2D eigenvalue weighted by molar-refractivity contribution is -0.118. The van der Waals surface area contributed by atoms with Gasteiger partial charge in [-0.25, -0.2) is 0 Å². The van der Waals surface area contributed by atoms with Crippen LogP contribution in [0.15, 0.2) is 42.5 Å². The van der Waals surface area contributed by atoms with Crippen LogP contribution < -0.4 is 14.8 Å². The van der Waals surface area contributed by atoms with Gasteiger partial charge in [0.05, 0.1) is 6.10 Å². The van der Waals surface area contributed by atoms with Crippen molar-refractivity contribution < 1.29 is 19.0 Å². The van der Waals surface area contributed by atoms with Crippen LogP contribution in [-0.2, 0) is 9.53 Å². The maximum absolute atomic E-state index is 12.1. The maximum Gasteiger partial charge on any atom is 0.262 e. The molecule has 1 saturated heterocycles. The second-order valence-corrected chi connectivity index (χ2v) is 6.63. The molecule has 0 unspecified atom stereocenters. The molecule has 0 radical (unpaired) electrons. The Hall–Kier alpha value is -2.53. The number of carbonyl (C=O) groups excluding carboxylic acids is 1. The van der Waals surface area contributed by atoms with Gasteiger partial charge in [-0.1, -0.05) is 6.07 Å². The monoisotopic (exact) mass is 355 g/mol. The first-order valence-electron chi connectivity index (χ1n) is 8.94. The summed E-state index contributed by atoms with van der Waals surface area (Å²) in [6, 6.07) is 13.2. The number of aryl methyl sites for hydroxylation is 2. The first kappa shape index (κ1) is 18.3. The molecule has 5 nitrogen and oxygen atoms in total. The standard InChI is InChI=1S/C21H25NO4/c1-15-10-16(2)12-20(11-15)26-14-21(23)22-17-5-7-18(8-6-17)25-13-19-4-3-9-24-19/h5-8,10-12,19H,3-4,9,13-14H2,1-2H3,(H,22,23)/t19-/m0/s1. The minimum absolute atomic E-state index is 0.0276. The number of benzene rings is 2. The Morgan fingerprint density at radius 2 is 1.81 bits per heavy atom. The van der Waals surface area contributed by atoms with Gasteiger partial charge in [0.2, 0.25) is 0 Å². The summed E-state index contributed by atoms with van der Waals surface area (Å²) in [6.45, 7) is 5.36. The summed E-state index contributed by atoms with van der Waals surface area (Å²) in [5.74, 6) is 1.28. The van der Waals surface area contributed by atoms with Crippen LogP contribution in [0.3, 0.4) is 0 Å². The second kappa shape index (κ2) is 8.72. The Morgan fingerprint density at radius 1 is 1.08 bits per heavy atom. The van der Waals surface area contributed by atoms with Crippen molar-refractivity contribution in [3.05, 3.63) is 53.6 Å². The van der Waals surface area contributed by atoms with Crippen LogP contribution in [0.1, 0.15) is 24.0 Å². The molecule has 138 valence electrons. The van der Waals surface area contributed by atoms with Gasteiger partial charge < -0.3 is 19.5 Å². The van der Waals surface area contributed by atoms with Gasteiger partial charge in [-0.05, 0) is 74.2 Å². The Labute approximate surface area is 154 Å². The molecule has 2 aromatic carbocycles. The quantitative estimate of drug-likeness (QED) is 0.819. The second-order valence-electron chi connectivity index (χ2n) is 6.63. The predicted octanol–water partition coefficient (Wildman–Crippen LogP) is 3.88. The Kier molecular flexibility index (Phi) is 6.12. The molecular weight excluding hydrogens is 330 g/mol. The summed E-state index contributed by atoms with van der Waals surface area (Å²) >= 11 is 0. The average Bonchev–Trinajstić information content (AvgIpc) is 3.12. The van der Waals surface area contributed by atoms with Crippen molar-refractivity contribution in [3.8, 4) is 11.5 Å². The zero-order chi connectivity index (χ0) is 18.4.